The molecular formula is C17H25BrO2. The summed E-state index contributed by atoms with van der Waals surface area (Å²) in [4.78, 5) is 0. The van der Waals surface area contributed by atoms with Crippen LogP contribution in [0.2, 0.25) is 0 Å². The van der Waals surface area contributed by atoms with Crippen molar-refractivity contribution in [1.82, 2.24) is 0 Å². The number of ether oxygens (including phenoxy) is 1. The summed E-state index contributed by atoms with van der Waals surface area (Å²) < 4.78 is 6.35. The van der Waals surface area contributed by atoms with Crippen molar-refractivity contribution in [2.45, 2.75) is 57.5 Å². The highest BCUT2D eigenvalue weighted by atomic mass is 79.9. The predicted octanol–water partition coefficient (Wildman–Crippen LogP) is 4.72. The minimum absolute atomic E-state index is 0.557. The SMILES string of the molecule is CCC1CCCC(O)(Cc2cc(OC)ccc2Br)CC1. The first-order valence-electron chi connectivity index (χ1n) is 7.61. The summed E-state index contributed by atoms with van der Waals surface area (Å²) in [7, 11) is 1.68. The van der Waals surface area contributed by atoms with Gasteiger partial charge in [-0.05, 0) is 48.9 Å². The first-order chi connectivity index (χ1) is 9.56. The zero-order valence-electron chi connectivity index (χ0n) is 12.5. The van der Waals surface area contributed by atoms with E-state index in [0.717, 1.165) is 47.4 Å². The van der Waals surface area contributed by atoms with Gasteiger partial charge in [0.25, 0.3) is 0 Å². The Balaban J connectivity index is 2.11. The van der Waals surface area contributed by atoms with Crippen molar-refractivity contribution in [3.05, 3.63) is 28.2 Å². The Labute approximate surface area is 130 Å². The molecule has 2 atom stereocenters. The molecule has 1 aromatic rings. The zero-order valence-corrected chi connectivity index (χ0v) is 14.1. The molecule has 1 aliphatic rings. The molecule has 3 heteroatoms. The quantitative estimate of drug-likeness (QED) is 0.803. The van der Waals surface area contributed by atoms with E-state index in [-0.39, 0.29) is 0 Å². The molecule has 0 aromatic heterocycles. The molecule has 0 amide bonds. The van der Waals surface area contributed by atoms with Crippen LogP contribution >= 0.6 is 15.9 Å². The molecule has 1 N–H and O–H groups in total. The van der Waals surface area contributed by atoms with Gasteiger partial charge in [-0.3, -0.25) is 0 Å². The molecule has 0 aliphatic heterocycles. The number of benzene rings is 1. The summed E-state index contributed by atoms with van der Waals surface area (Å²) in [6.45, 7) is 2.26. The van der Waals surface area contributed by atoms with Crippen LogP contribution in [0.3, 0.4) is 0 Å². The van der Waals surface area contributed by atoms with E-state index in [1.165, 1.54) is 12.8 Å². The number of aliphatic hydroxyl groups is 1. The summed E-state index contributed by atoms with van der Waals surface area (Å²) in [5.74, 6) is 1.64. The van der Waals surface area contributed by atoms with E-state index in [2.05, 4.69) is 22.9 Å². The van der Waals surface area contributed by atoms with Crippen LogP contribution < -0.4 is 4.74 Å². The van der Waals surface area contributed by atoms with Crippen molar-refractivity contribution < 1.29 is 9.84 Å². The monoisotopic (exact) mass is 340 g/mol. The van der Waals surface area contributed by atoms with Gasteiger partial charge in [0.15, 0.2) is 0 Å². The number of halogens is 1. The first-order valence-corrected chi connectivity index (χ1v) is 8.40. The van der Waals surface area contributed by atoms with E-state index in [0.29, 0.717) is 6.42 Å². The molecule has 1 saturated carbocycles. The number of hydrogen-bond acceptors (Lipinski definition) is 2. The Morgan fingerprint density at radius 1 is 1.35 bits per heavy atom. The van der Waals surface area contributed by atoms with Crippen LogP contribution in [0.5, 0.6) is 5.75 Å². The fourth-order valence-corrected chi connectivity index (χ4v) is 3.60. The molecule has 0 saturated heterocycles. The highest BCUT2D eigenvalue weighted by Crippen LogP contribution is 2.36. The molecule has 1 aromatic carbocycles. The molecule has 0 spiro atoms. The summed E-state index contributed by atoms with van der Waals surface area (Å²) in [6, 6.07) is 5.98. The predicted molar refractivity (Wildman–Crippen MR) is 86.2 cm³/mol. The van der Waals surface area contributed by atoms with Gasteiger partial charge >= 0.3 is 0 Å². The first kappa shape index (κ1) is 15.8. The molecule has 2 rings (SSSR count). The fraction of sp³-hybridized carbons (Fsp3) is 0.647. The lowest BCUT2D eigenvalue weighted by molar-refractivity contribution is 0.0240. The van der Waals surface area contributed by atoms with Crippen molar-refractivity contribution in [1.29, 1.82) is 0 Å². The van der Waals surface area contributed by atoms with Gasteiger partial charge in [0.1, 0.15) is 5.75 Å². The minimum Gasteiger partial charge on any atom is -0.497 e. The van der Waals surface area contributed by atoms with E-state index >= 15 is 0 Å². The maximum atomic E-state index is 10.9. The van der Waals surface area contributed by atoms with Crippen LogP contribution in [0.4, 0.5) is 0 Å². The van der Waals surface area contributed by atoms with Crippen LogP contribution in [0.15, 0.2) is 22.7 Å². The minimum atomic E-state index is -0.557. The molecule has 0 heterocycles. The maximum Gasteiger partial charge on any atom is 0.119 e. The fourth-order valence-electron chi connectivity index (χ4n) is 3.22. The van der Waals surface area contributed by atoms with Crippen LogP contribution in [0.25, 0.3) is 0 Å². The highest BCUT2D eigenvalue weighted by Gasteiger charge is 2.31. The summed E-state index contributed by atoms with van der Waals surface area (Å²) in [5, 5.41) is 10.9. The van der Waals surface area contributed by atoms with Crippen molar-refractivity contribution >= 4 is 15.9 Å². The van der Waals surface area contributed by atoms with Gasteiger partial charge in [0.2, 0.25) is 0 Å². The van der Waals surface area contributed by atoms with Gasteiger partial charge < -0.3 is 9.84 Å². The van der Waals surface area contributed by atoms with E-state index < -0.39 is 5.60 Å². The average Bonchev–Trinajstić information content (AvgIpc) is 2.63. The summed E-state index contributed by atoms with van der Waals surface area (Å²) >= 11 is 3.59. The highest BCUT2D eigenvalue weighted by molar-refractivity contribution is 9.10. The van der Waals surface area contributed by atoms with E-state index in [9.17, 15) is 5.11 Å². The van der Waals surface area contributed by atoms with Crippen LogP contribution in [-0.4, -0.2) is 17.8 Å². The van der Waals surface area contributed by atoms with Gasteiger partial charge in [-0.15, -0.1) is 0 Å². The Kier molecular flexibility index (Phi) is 5.50. The maximum absolute atomic E-state index is 10.9. The molecule has 0 bridgehead atoms. The normalized spacial score (nSPS) is 27.1. The second-order valence-corrected chi connectivity index (χ2v) is 6.92. The second kappa shape index (κ2) is 6.95. The summed E-state index contributed by atoms with van der Waals surface area (Å²) in [6.07, 6.45) is 7.31. The topological polar surface area (TPSA) is 29.5 Å². The van der Waals surface area contributed by atoms with Crippen molar-refractivity contribution in [2.75, 3.05) is 7.11 Å². The standard InChI is InChI=1S/C17H25BrO2/c1-3-13-5-4-9-17(19,10-8-13)12-14-11-15(20-2)6-7-16(14)18/h6-7,11,13,19H,3-5,8-10,12H2,1-2H3. The van der Waals surface area contributed by atoms with Crippen molar-refractivity contribution in [3.63, 3.8) is 0 Å². The van der Waals surface area contributed by atoms with Crippen LogP contribution in [-0.2, 0) is 6.42 Å². The van der Waals surface area contributed by atoms with Gasteiger partial charge in [0, 0.05) is 10.9 Å². The molecule has 1 fully saturated rings. The molecule has 112 valence electrons. The Hall–Kier alpha value is -0.540. The summed E-state index contributed by atoms with van der Waals surface area (Å²) in [5.41, 5.74) is 0.584. The van der Waals surface area contributed by atoms with Gasteiger partial charge in [-0.2, -0.15) is 0 Å². The van der Waals surface area contributed by atoms with Crippen molar-refractivity contribution in [2.24, 2.45) is 5.92 Å². The molecular weight excluding hydrogens is 316 g/mol. The third kappa shape index (κ3) is 3.98. The lowest BCUT2D eigenvalue weighted by atomic mass is 9.87. The largest absolute Gasteiger partial charge is 0.497 e. The number of hydrogen-bond donors (Lipinski definition) is 1. The van der Waals surface area contributed by atoms with E-state index in [1.807, 2.05) is 18.2 Å². The zero-order chi connectivity index (χ0) is 14.6. The third-order valence-electron chi connectivity index (χ3n) is 4.62. The average molecular weight is 341 g/mol. The van der Waals surface area contributed by atoms with Crippen LogP contribution in [0, 0.1) is 5.92 Å². The molecule has 1 aliphatic carbocycles. The Bertz CT molecular complexity index is 447. The number of methoxy groups -OCH3 is 1. The molecule has 0 radical (unpaired) electrons. The number of rotatable bonds is 4. The Morgan fingerprint density at radius 2 is 2.15 bits per heavy atom. The molecule has 2 nitrogen and oxygen atoms in total. The molecule has 20 heavy (non-hydrogen) atoms. The Morgan fingerprint density at radius 3 is 2.85 bits per heavy atom. The van der Waals surface area contributed by atoms with Crippen molar-refractivity contribution in [3.8, 4) is 5.75 Å². The van der Waals surface area contributed by atoms with E-state index in [4.69, 9.17) is 4.74 Å². The second-order valence-electron chi connectivity index (χ2n) is 6.06. The van der Waals surface area contributed by atoms with Gasteiger partial charge in [0.05, 0.1) is 12.7 Å². The molecule has 2 unspecified atom stereocenters. The lowest BCUT2D eigenvalue weighted by Crippen LogP contribution is -2.30. The van der Waals surface area contributed by atoms with Gasteiger partial charge in [-0.25, -0.2) is 0 Å². The lowest BCUT2D eigenvalue weighted by Gasteiger charge is -2.27. The smallest absolute Gasteiger partial charge is 0.119 e. The van der Waals surface area contributed by atoms with E-state index in [1.54, 1.807) is 7.11 Å². The van der Waals surface area contributed by atoms with Crippen LogP contribution in [0.1, 0.15) is 51.0 Å². The van der Waals surface area contributed by atoms with Gasteiger partial charge in [-0.1, -0.05) is 42.1 Å². The third-order valence-corrected chi connectivity index (χ3v) is 5.40.